The first-order valence-corrected chi connectivity index (χ1v) is 16.7. The van der Waals surface area contributed by atoms with E-state index in [0.29, 0.717) is 0 Å². The van der Waals surface area contributed by atoms with E-state index < -0.39 is 0 Å². The van der Waals surface area contributed by atoms with Crippen LogP contribution in [0, 0.1) is 0 Å². The summed E-state index contributed by atoms with van der Waals surface area (Å²) in [5.41, 5.74) is 7.54. The van der Waals surface area contributed by atoms with E-state index in [2.05, 4.69) is 169 Å². The molecule has 2 heterocycles. The number of hydrogen-bond donors (Lipinski definition) is 0. The summed E-state index contributed by atoms with van der Waals surface area (Å²) < 4.78 is 9.07. The van der Waals surface area contributed by atoms with E-state index in [0.717, 1.165) is 33.6 Å². The van der Waals surface area contributed by atoms with Gasteiger partial charge in [-0.2, -0.15) is 0 Å². The molecule has 220 valence electrons. The zero-order chi connectivity index (χ0) is 30.9. The highest BCUT2D eigenvalue weighted by Crippen LogP contribution is 2.46. The first-order chi connectivity index (χ1) is 23.3. The van der Waals surface area contributed by atoms with Crippen molar-refractivity contribution in [2.24, 2.45) is 0 Å². The second kappa shape index (κ2) is 10.3. The third-order valence-electron chi connectivity index (χ3n) is 9.42. The van der Waals surface area contributed by atoms with Crippen LogP contribution in [0.1, 0.15) is 0 Å². The van der Waals surface area contributed by atoms with Crippen molar-refractivity contribution >= 4 is 92.1 Å². The van der Waals surface area contributed by atoms with E-state index >= 15 is 0 Å². The molecule has 10 aromatic rings. The molecule has 10 rings (SSSR count). The number of anilines is 3. The number of thiophene rings is 1. The smallest absolute Gasteiger partial charge is 0.136 e. The molecule has 0 unspecified atom stereocenters. The van der Waals surface area contributed by atoms with Crippen LogP contribution in [0.4, 0.5) is 17.1 Å². The largest absolute Gasteiger partial charge is 0.456 e. The first-order valence-electron chi connectivity index (χ1n) is 15.9. The van der Waals surface area contributed by atoms with Crippen LogP contribution >= 0.6 is 11.3 Å². The molecule has 0 atom stereocenters. The van der Waals surface area contributed by atoms with Gasteiger partial charge in [0.25, 0.3) is 0 Å². The van der Waals surface area contributed by atoms with E-state index in [1.54, 1.807) is 0 Å². The van der Waals surface area contributed by atoms with E-state index in [-0.39, 0.29) is 0 Å². The average Bonchev–Trinajstić information content (AvgIpc) is 3.70. The normalized spacial score (nSPS) is 11.8. The summed E-state index contributed by atoms with van der Waals surface area (Å²) in [6, 6.07) is 58.9. The predicted octanol–water partition coefficient (Wildman–Crippen LogP) is 13.4. The summed E-state index contributed by atoms with van der Waals surface area (Å²) >= 11 is 1.86. The second-order valence-electron chi connectivity index (χ2n) is 12.1. The van der Waals surface area contributed by atoms with E-state index in [4.69, 9.17) is 4.42 Å². The molecule has 0 aliphatic heterocycles. The Morgan fingerprint density at radius 3 is 2.02 bits per heavy atom. The number of benzene rings is 8. The van der Waals surface area contributed by atoms with E-state index in [9.17, 15) is 0 Å². The van der Waals surface area contributed by atoms with Gasteiger partial charge in [-0.05, 0) is 93.3 Å². The standard InChI is InChI=1S/C44H27NOS/c1-2-14-31(15-3-1)45(32-16-8-13-30(26-32)35-19-9-12-28-10-4-6-17-34(28)35)33-21-23-39-38(27-33)43-40(46-39)24-22-37-42-36-18-7-5-11-29(36)20-25-41(42)47-44(37)43/h1-27H. The van der Waals surface area contributed by atoms with Crippen LogP contribution in [-0.2, 0) is 0 Å². The summed E-state index contributed by atoms with van der Waals surface area (Å²) in [6.45, 7) is 0. The minimum Gasteiger partial charge on any atom is -0.456 e. The number of nitrogens with zero attached hydrogens (tertiary/aromatic N) is 1. The van der Waals surface area contributed by atoms with Crippen molar-refractivity contribution in [1.82, 2.24) is 0 Å². The molecule has 8 aromatic carbocycles. The zero-order valence-corrected chi connectivity index (χ0v) is 26.2. The molecule has 0 saturated carbocycles. The van der Waals surface area contributed by atoms with E-state index in [1.165, 1.54) is 58.2 Å². The molecule has 0 amide bonds. The molecule has 0 N–H and O–H groups in total. The molecule has 47 heavy (non-hydrogen) atoms. The average molecular weight is 618 g/mol. The third-order valence-corrected chi connectivity index (χ3v) is 10.6. The van der Waals surface area contributed by atoms with Gasteiger partial charge in [0.1, 0.15) is 11.2 Å². The van der Waals surface area contributed by atoms with Crippen molar-refractivity contribution in [3.63, 3.8) is 0 Å². The number of hydrogen-bond acceptors (Lipinski definition) is 3. The van der Waals surface area contributed by atoms with Gasteiger partial charge in [-0.1, -0.05) is 103 Å². The van der Waals surface area contributed by atoms with E-state index in [1.807, 2.05) is 11.3 Å². The molecular formula is C44H27NOS. The highest BCUT2D eigenvalue weighted by molar-refractivity contribution is 7.27. The first kappa shape index (κ1) is 26.3. The van der Waals surface area contributed by atoms with Gasteiger partial charge in [0.2, 0.25) is 0 Å². The lowest BCUT2D eigenvalue weighted by Crippen LogP contribution is -2.09. The lowest BCUT2D eigenvalue weighted by Gasteiger charge is -2.26. The molecule has 0 fully saturated rings. The number of para-hydroxylation sites is 1. The van der Waals surface area contributed by atoms with Crippen molar-refractivity contribution in [3.05, 3.63) is 164 Å². The van der Waals surface area contributed by atoms with Gasteiger partial charge in [0.15, 0.2) is 0 Å². The predicted molar refractivity (Wildman–Crippen MR) is 202 cm³/mol. The Kier molecular flexibility index (Phi) is 5.78. The fourth-order valence-corrected chi connectivity index (χ4v) is 8.58. The maximum atomic E-state index is 6.50. The molecule has 0 radical (unpaired) electrons. The molecule has 0 saturated heterocycles. The van der Waals surface area contributed by atoms with Gasteiger partial charge in [-0.3, -0.25) is 0 Å². The van der Waals surface area contributed by atoms with Gasteiger partial charge in [0.05, 0.1) is 0 Å². The summed E-state index contributed by atoms with van der Waals surface area (Å²) in [4.78, 5) is 2.35. The highest BCUT2D eigenvalue weighted by atomic mass is 32.1. The van der Waals surface area contributed by atoms with Crippen molar-refractivity contribution in [3.8, 4) is 11.1 Å². The Labute approximate surface area is 275 Å². The van der Waals surface area contributed by atoms with Crippen LogP contribution in [0.2, 0.25) is 0 Å². The quantitative estimate of drug-likeness (QED) is 0.195. The van der Waals surface area contributed by atoms with Crippen molar-refractivity contribution in [1.29, 1.82) is 0 Å². The van der Waals surface area contributed by atoms with Gasteiger partial charge in [0, 0.05) is 48.0 Å². The molecule has 0 aliphatic carbocycles. The van der Waals surface area contributed by atoms with Gasteiger partial charge in [-0.15, -0.1) is 11.3 Å². The molecule has 0 bridgehead atoms. The summed E-state index contributed by atoms with van der Waals surface area (Å²) in [7, 11) is 0. The maximum absolute atomic E-state index is 6.50. The molecule has 2 nitrogen and oxygen atoms in total. The fourth-order valence-electron chi connectivity index (χ4n) is 7.31. The van der Waals surface area contributed by atoms with Gasteiger partial charge < -0.3 is 9.32 Å². The lowest BCUT2D eigenvalue weighted by molar-refractivity contribution is 0.669. The van der Waals surface area contributed by atoms with Crippen LogP contribution in [0.15, 0.2) is 168 Å². The highest BCUT2D eigenvalue weighted by Gasteiger charge is 2.19. The summed E-state index contributed by atoms with van der Waals surface area (Å²) in [5, 5.41) is 9.98. The van der Waals surface area contributed by atoms with Crippen molar-refractivity contribution < 1.29 is 4.42 Å². The molecular weight excluding hydrogens is 591 g/mol. The Balaban J connectivity index is 1.20. The second-order valence-corrected chi connectivity index (χ2v) is 13.2. The Morgan fingerprint density at radius 2 is 1.13 bits per heavy atom. The third kappa shape index (κ3) is 4.10. The minimum atomic E-state index is 0.899. The number of fused-ring (bicyclic) bond motifs is 10. The summed E-state index contributed by atoms with van der Waals surface area (Å²) in [6.07, 6.45) is 0. The maximum Gasteiger partial charge on any atom is 0.136 e. The minimum absolute atomic E-state index is 0.899. The van der Waals surface area contributed by atoms with Crippen LogP contribution in [0.5, 0.6) is 0 Å². The Morgan fingerprint density at radius 1 is 0.426 bits per heavy atom. The lowest BCUT2D eigenvalue weighted by atomic mass is 9.97. The Hall–Kier alpha value is -5.90. The Bertz CT molecular complexity index is 2800. The van der Waals surface area contributed by atoms with Crippen LogP contribution in [0.3, 0.4) is 0 Å². The topological polar surface area (TPSA) is 16.4 Å². The van der Waals surface area contributed by atoms with Gasteiger partial charge >= 0.3 is 0 Å². The van der Waals surface area contributed by atoms with Crippen molar-refractivity contribution in [2.75, 3.05) is 4.90 Å². The van der Waals surface area contributed by atoms with Crippen LogP contribution < -0.4 is 4.90 Å². The molecule has 0 spiro atoms. The van der Waals surface area contributed by atoms with Crippen LogP contribution in [0.25, 0.3) is 74.8 Å². The molecule has 0 aliphatic rings. The monoisotopic (exact) mass is 617 g/mol. The SMILES string of the molecule is c1ccc(N(c2cccc(-c3cccc4ccccc34)c2)c2ccc3oc4ccc5c(sc6ccc7ccccc7c65)c4c3c2)cc1. The number of rotatable bonds is 4. The van der Waals surface area contributed by atoms with Gasteiger partial charge in [-0.25, -0.2) is 0 Å². The molecule has 3 heteroatoms. The zero-order valence-electron chi connectivity index (χ0n) is 25.4. The fraction of sp³-hybridized carbons (Fsp3) is 0. The van der Waals surface area contributed by atoms with Crippen molar-refractivity contribution in [2.45, 2.75) is 0 Å². The summed E-state index contributed by atoms with van der Waals surface area (Å²) in [5.74, 6) is 0. The molecule has 2 aromatic heterocycles. The number of furan rings is 1. The van der Waals surface area contributed by atoms with Crippen LogP contribution in [-0.4, -0.2) is 0 Å².